The van der Waals surface area contributed by atoms with Crippen LogP contribution >= 0.6 is 0 Å². The van der Waals surface area contributed by atoms with Crippen LogP contribution in [0.5, 0.6) is 11.5 Å². The summed E-state index contributed by atoms with van der Waals surface area (Å²) in [5.74, 6) is 1.08. The van der Waals surface area contributed by atoms with Crippen LogP contribution in [0.4, 0.5) is 0 Å². The van der Waals surface area contributed by atoms with E-state index in [-0.39, 0.29) is 22.9 Å². The van der Waals surface area contributed by atoms with Crippen LogP contribution in [0.25, 0.3) is 0 Å². The summed E-state index contributed by atoms with van der Waals surface area (Å²) in [6.45, 7) is 8.66. The molecule has 1 aliphatic rings. The monoisotopic (exact) mass is 450 g/mol. The van der Waals surface area contributed by atoms with Crippen molar-refractivity contribution in [1.29, 1.82) is 0 Å². The van der Waals surface area contributed by atoms with Crippen LogP contribution in [0.15, 0.2) is 45.9 Å². The van der Waals surface area contributed by atoms with E-state index in [4.69, 9.17) is 13.9 Å². The number of hydrogen-bond acceptors (Lipinski definition) is 6. The first-order valence-corrected chi connectivity index (χ1v) is 11.9. The minimum absolute atomic E-state index is 0.00958. The van der Waals surface area contributed by atoms with Gasteiger partial charge in [-0.25, -0.2) is 13.1 Å². The molecule has 1 amide bonds. The average molecular weight is 451 g/mol. The molecule has 0 atom stereocenters. The molecule has 1 aliphatic heterocycles. The molecule has 9 heteroatoms. The zero-order valence-corrected chi connectivity index (χ0v) is 19.2. The lowest BCUT2D eigenvalue weighted by Crippen LogP contribution is -2.41. The van der Waals surface area contributed by atoms with Gasteiger partial charge in [0.25, 0.3) is 15.9 Å². The fraction of sp³-hybridized carbons (Fsp3) is 0.500. The summed E-state index contributed by atoms with van der Waals surface area (Å²) < 4.78 is 44.4. The van der Waals surface area contributed by atoms with Crippen LogP contribution in [0.3, 0.4) is 0 Å². The van der Waals surface area contributed by atoms with Crippen molar-refractivity contribution >= 4 is 15.9 Å². The molecule has 1 aromatic heterocycles. The molecule has 1 aromatic carbocycles. The minimum Gasteiger partial charge on any atom is -0.490 e. The molecule has 2 aromatic rings. The summed E-state index contributed by atoms with van der Waals surface area (Å²) in [5.41, 5.74) is -0.654. The lowest BCUT2D eigenvalue weighted by atomic mass is 10.1. The fourth-order valence-electron chi connectivity index (χ4n) is 3.37. The molecule has 1 fully saturated rings. The first kappa shape index (κ1) is 23.1. The third-order valence-corrected chi connectivity index (χ3v) is 6.30. The Hall–Kier alpha value is -2.52. The smallest absolute Gasteiger partial charge is 0.289 e. The molecular formula is C22H30N2O6S. The molecule has 0 saturated carbocycles. The minimum atomic E-state index is -3.83. The maximum atomic E-state index is 12.8. The number of amides is 1. The summed E-state index contributed by atoms with van der Waals surface area (Å²) in [6, 6.07) is 10.2. The van der Waals surface area contributed by atoms with Gasteiger partial charge in [0.1, 0.15) is 6.10 Å². The van der Waals surface area contributed by atoms with Gasteiger partial charge in [-0.1, -0.05) is 12.1 Å². The molecule has 0 aliphatic carbocycles. The number of rotatable bonds is 7. The normalized spacial score (nSPS) is 15.7. The number of para-hydroxylation sites is 2. The Balaban J connectivity index is 1.59. The molecule has 0 radical (unpaired) electrons. The molecule has 0 bridgehead atoms. The Labute approximate surface area is 183 Å². The Bertz CT molecular complexity index is 1000. The summed E-state index contributed by atoms with van der Waals surface area (Å²) in [4.78, 5) is 14.4. The average Bonchev–Trinajstić information content (AvgIpc) is 3.19. The van der Waals surface area contributed by atoms with E-state index in [1.54, 1.807) is 25.7 Å². The molecule has 8 nitrogen and oxygen atoms in total. The zero-order valence-electron chi connectivity index (χ0n) is 18.4. The van der Waals surface area contributed by atoms with E-state index in [1.807, 2.05) is 31.2 Å². The lowest BCUT2D eigenvalue weighted by molar-refractivity contribution is 0.0556. The standard InChI is InChI=1S/C22H30N2O6S/c1-5-28-17-8-6-7-9-18(17)29-16-12-14-24(15-13-16)21(25)19-10-11-20(30-19)31(26,27)23-22(2,3)4/h6-11,16,23H,5,12-15H2,1-4H3. The van der Waals surface area contributed by atoms with Crippen molar-refractivity contribution in [2.24, 2.45) is 0 Å². The second kappa shape index (κ2) is 9.32. The van der Waals surface area contributed by atoms with Crippen LogP contribution in [-0.4, -0.2) is 50.6 Å². The number of piperidine rings is 1. The van der Waals surface area contributed by atoms with Crippen molar-refractivity contribution in [3.8, 4) is 11.5 Å². The van der Waals surface area contributed by atoms with Gasteiger partial charge in [0.2, 0.25) is 5.09 Å². The molecule has 0 unspecified atom stereocenters. The van der Waals surface area contributed by atoms with E-state index in [9.17, 15) is 13.2 Å². The van der Waals surface area contributed by atoms with Crippen LogP contribution < -0.4 is 14.2 Å². The third kappa shape index (κ3) is 6.01. The number of furan rings is 1. The van der Waals surface area contributed by atoms with Gasteiger partial charge in [-0.3, -0.25) is 4.79 Å². The number of ether oxygens (including phenoxy) is 2. The molecule has 31 heavy (non-hydrogen) atoms. The Morgan fingerprint density at radius 3 is 2.39 bits per heavy atom. The molecule has 1 N–H and O–H groups in total. The highest BCUT2D eigenvalue weighted by Crippen LogP contribution is 2.29. The van der Waals surface area contributed by atoms with Gasteiger partial charge in [0.15, 0.2) is 17.3 Å². The highest BCUT2D eigenvalue weighted by Gasteiger charge is 2.30. The topological polar surface area (TPSA) is 98.1 Å². The Kier molecular flexibility index (Phi) is 6.96. The second-order valence-electron chi connectivity index (χ2n) is 8.46. The van der Waals surface area contributed by atoms with Gasteiger partial charge in [-0.15, -0.1) is 0 Å². The van der Waals surface area contributed by atoms with Crippen LogP contribution in [0, 0.1) is 0 Å². The maximum absolute atomic E-state index is 12.8. The number of hydrogen-bond donors (Lipinski definition) is 1. The first-order valence-electron chi connectivity index (χ1n) is 10.4. The van der Waals surface area contributed by atoms with E-state index < -0.39 is 15.6 Å². The number of likely N-dealkylation sites (tertiary alicyclic amines) is 1. The highest BCUT2D eigenvalue weighted by molar-refractivity contribution is 7.89. The fourth-order valence-corrected chi connectivity index (χ4v) is 4.72. The number of carbonyl (C=O) groups is 1. The van der Waals surface area contributed by atoms with Gasteiger partial charge in [-0.05, 0) is 52.0 Å². The predicted molar refractivity (Wildman–Crippen MR) is 116 cm³/mol. The van der Waals surface area contributed by atoms with E-state index >= 15 is 0 Å². The van der Waals surface area contributed by atoms with E-state index in [0.29, 0.717) is 44.0 Å². The number of benzene rings is 1. The third-order valence-electron chi connectivity index (χ3n) is 4.67. The van der Waals surface area contributed by atoms with Gasteiger partial charge in [0, 0.05) is 31.5 Å². The van der Waals surface area contributed by atoms with E-state index in [2.05, 4.69) is 4.72 Å². The number of nitrogens with one attached hydrogen (secondary N) is 1. The van der Waals surface area contributed by atoms with Gasteiger partial charge in [0.05, 0.1) is 6.61 Å². The zero-order chi connectivity index (χ0) is 22.6. The summed E-state index contributed by atoms with van der Waals surface area (Å²) in [7, 11) is -3.83. The van der Waals surface area contributed by atoms with Crippen molar-refractivity contribution in [2.45, 2.75) is 57.3 Å². The van der Waals surface area contributed by atoms with Crippen molar-refractivity contribution in [2.75, 3.05) is 19.7 Å². The predicted octanol–water partition coefficient (Wildman–Crippen LogP) is 3.44. The van der Waals surface area contributed by atoms with Gasteiger partial charge < -0.3 is 18.8 Å². The van der Waals surface area contributed by atoms with E-state index in [0.717, 1.165) is 0 Å². The van der Waals surface area contributed by atoms with Crippen molar-refractivity contribution in [3.05, 3.63) is 42.2 Å². The maximum Gasteiger partial charge on any atom is 0.289 e. The van der Waals surface area contributed by atoms with Crippen molar-refractivity contribution < 1.29 is 27.1 Å². The van der Waals surface area contributed by atoms with Crippen molar-refractivity contribution in [1.82, 2.24) is 9.62 Å². The Morgan fingerprint density at radius 1 is 1.13 bits per heavy atom. The Morgan fingerprint density at radius 2 is 1.77 bits per heavy atom. The molecule has 3 rings (SSSR count). The van der Waals surface area contributed by atoms with Crippen LogP contribution in [-0.2, 0) is 10.0 Å². The molecule has 1 saturated heterocycles. The number of sulfonamides is 1. The molecule has 2 heterocycles. The SMILES string of the molecule is CCOc1ccccc1OC1CCN(C(=O)c2ccc(S(=O)(=O)NC(C)(C)C)o2)CC1. The highest BCUT2D eigenvalue weighted by atomic mass is 32.2. The largest absolute Gasteiger partial charge is 0.490 e. The molecule has 170 valence electrons. The first-order chi connectivity index (χ1) is 14.6. The summed E-state index contributed by atoms with van der Waals surface area (Å²) in [5, 5.41) is -0.267. The van der Waals surface area contributed by atoms with Crippen molar-refractivity contribution in [3.63, 3.8) is 0 Å². The lowest BCUT2D eigenvalue weighted by Gasteiger charge is -2.32. The molecular weight excluding hydrogens is 420 g/mol. The van der Waals surface area contributed by atoms with Crippen LogP contribution in [0.1, 0.15) is 51.1 Å². The van der Waals surface area contributed by atoms with Crippen LogP contribution in [0.2, 0.25) is 0 Å². The number of nitrogens with zero attached hydrogens (tertiary/aromatic N) is 1. The van der Waals surface area contributed by atoms with Gasteiger partial charge >= 0.3 is 0 Å². The quantitative estimate of drug-likeness (QED) is 0.694. The number of carbonyl (C=O) groups excluding carboxylic acids is 1. The summed E-state index contributed by atoms with van der Waals surface area (Å²) >= 11 is 0. The van der Waals surface area contributed by atoms with Gasteiger partial charge in [-0.2, -0.15) is 0 Å². The summed E-state index contributed by atoms with van der Waals surface area (Å²) in [6.07, 6.45) is 1.28. The second-order valence-corrected chi connectivity index (χ2v) is 10.1. The van der Waals surface area contributed by atoms with E-state index in [1.165, 1.54) is 12.1 Å². The molecule has 0 spiro atoms.